The first-order valence-electron chi connectivity index (χ1n) is 5.51. The fourth-order valence-electron chi connectivity index (χ4n) is 1.57. The topological polar surface area (TPSA) is 111 Å². The molecule has 0 unspecified atom stereocenters. The largest absolute Gasteiger partial charge is 0.375 e. The number of nitrogens with zero attached hydrogens (tertiary/aromatic N) is 1. The maximum Gasteiger partial charge on any atom is 0.267 e. The van der Waals surface area contributed by atoms with Crippen molar-refractivity contribution >= 4 is 34.0 Å². The number of benzene rings is 1. The molecule has 0 atom stereocenters. The minimum absolute atomic E-state index is 0.267. The van der Waals surface area contributed by atoms with Gasteiger partial charge in [0.25, 0.3) is 11.8 Å². The zero-order valence-electron chi connectivity index (χ0n) is 10.4. The minimum atomic E-state index is -0.903. The molecule has 20 heavy (non-hydrogen) atoms. The van der Waals surface area contributed by atoms with Gasteiger partial charge in [-0.25, -0.2) is 9.37 Å². The predicted molar refractivity (Wildman–Crippen MR) is 74.1 cm³/mol. The number of aromatic nitrogens is 1. The highest BCUT2D eigenvalue weighted by Gasteiger charge is 2.15. The highest BCUT2D eigenvalue weighted by molar-refractivity contribution is 7.17. The SMILES string of the molecule is Cc1cc(F)c(C(N)=O)cc1NC(=O)c1cnc(N)s1. The van der Waals surface area contributed by atoms with E-state index < -0.39 is 17.6 Å². The van der Waals surface area contributed by atoms with Crippen LogP contribution in [0.1, 0.15) is 25.6 Å². The lowest BCUT2D eigenvalue weighted by atomic mass is 10.1. The van der Waals surface area contributed by atoms with Crippen molar-refractivity contribution < 1.29 is 14.0 Å². The van der Waals surface area contributed by atoms with Crippen molar-refractivity contribution in [2.75, 3.05) is 11.1 Å². The molecule has 0 spiro atoms. The van der Waals surface area contributed by atoms with E-state index in [-0.39, 0.29) is 10.7 Å². The van der Waals surface area contributed by atoms with Crippen molar-refractivity contribution in [1.29, 1.82) is 0 Å². The minimum Gasteiger partial charge on any atom is -0.375 e. The molecule has 0 fully saturated rings. The Bertz CT molecular complexity index is 699. The molecule has 1 aromatic carbocycles. The van der Waals surface area contributed by atoms with Crippen LogP contribution in [0.25, 0.3) is 0 Å². The van der Waals surface area contributed by atoms with Crippen LogP contribution in [0.2, 0.25) is 0 Å². The zero-order chi connectivity index (χ0) is 14.9. The number of carbonyl (C=O) groups is 2. The van der Waals surface area contributed by atoms with Crippen LogP contribution in [-0.4, -0.2) is 16.8 Å². The number of hydrogen-bond donors (Lipinski definition) is 3. The number of amides is 2. The summed E-state index contributed by atoms with van der Waals surface area (Å²) >= 11 is 1.02. The van der Waals surface area contributed by atoms with E-state index in [1.807, 2.05) is 0 Å². The molecule has 8 heteroatoms. The van der Waals surface area contributed by atoms with Gasteiger partial charge < -0.3 is 16.8 Å². The first kappa shape index (κ1) is 13.9. The molecule has 0 radical (unpaired) electrons. The molecule has 1 aromatic heterocycles. The van der Waals surface area contributed by atoms with Crippen LogP contribution in [0.3, 0.4) is 0 Å². The van der Waals surface area contributed by atoms with E-state index in [1.54, 1.807) is 6.92 Å². The molecule has 5 N–H and O–H groups in total. The molecular formula is C12H11FN4O2S. The molecule has 0 aliphatic rings. The lowest BCUT2D eigenvalue weighted by Crippen LogP contribution is -2.16. The highest BCUT2D eigenvalue weighted by atomic mass is 32.1. The van der Waals surface area contributed by atoms with Gasteiger partial charge in [0, 0.05) is 5.69 Å². The van der Waals surface area contributed by atoms with E-state index in [2.05, 4.69) is 10.3 Å². The number of thiazole rings is 1. The highest BCUT2D eigenvalue weighted by Crippen LogP contribution is 2.22. The Hall–Kier alpha value is -2.48. The van der Waals surface area contributed by atoms with Crippen LogP contribution in [0.4, 0.5) is 15.2 Å². The molecule has 1 heterocycles. The summed E-state index contributed by atoms with van der Waals surface area (Å²) in [7, 11) is 0. The zero-order valence-corrected chi connectivity index (χ0v) is 11.3. The Balaban J connectivity index is 2.31. The third kappa shape index (κ3) is 2.75. The Morgan fingerprint density at radius 2 is 2.10 bits per heavy atom. The van der Waals surface area contributed by atoms with E-state index in [1.165, 1.54) is 12.3 Å². The van der Waals surface area contributed by atoms with Crippen LogP contribution in [0.5, 0.6) is 0 Å². The molecule has 0 bridgehead atoms. The molecule has 2 rings (SSSR count). The first-order chi connectivity index (χ1) is 9.38. The van der Waals surface area contributed by atoms with Crippen molar-refractivity contribution in [1.82, 2.24) is 4.98 Å². The monoisotopic (exact) mass is 294 g/mol. The normalized spacial score (nSPS) is 10.3. The van der Waals surface area contributed by atoms with Crippen LogP contribution in [-0.2, 0) is 0 Å². The molecule has 104 valence electrons. The van der Waals surface area contributed by atoms with E-state index in [0.717, 1.165) is 17.4 Å². The van der Waals surface area contributed by atoms with Crippen LogP contribution in [0.15, 0.2) is 18.3 Å². The van der Waals surface area contributed by atoms with Crippen LogP contribution >= 0.6 is 11.3 Å². The second-order valence-corrected chi connectivity index (χ2v) is 5.09. The maximum absolute atomic E-state index is 13.5. The third-order valence-corrected chi connectivity index (χ3v) is 3.40. The van der Waals surface area contributed by atoms with Crippen molar-refractivity contribution in [2.45, 2.75) is 6.92 Å². The lowest BCUT2D eigenvalue weighted by Gasteiger charge is -2.09. The van der Waals surface area contributed by atoms with Crippen LogP contribution in [0, 0.1) is 12.7 Å². The van der Waals surface area contributed by atoms with Gasteiger partial charge in [-0.3, -0.25) is 9.59 Å². The molecule has 0 saturated carbocycles. The first-order valence-corrected chi connectivity index (χ1v) is 6.32. The Morgan fingerprint density at radius 1 is 1.40 bits per heavy atom. The number of nitrogens with one attached hydrogen (secondary N) is 1. The summed E-state index contributed by atoms with van der Waals surface area (Å²) in [6, 6.07) is 2.34. The molecule has 6 nitrogen and oxygen atoms in total. The maximum atomic E-state index is 13.5. The summed E-state index contributed by atoms with van der Waals surface area (Å²) in [5.74, 6) is -2.07. The van der Waals surface area contributed by atoms with Gasteiger partial charge in [-0.15, -0.1) is 0 Å². The Morgan fingerprint density at radius 3 is 2.65 bits per heavy atom. The number of halogens is 1. The fraction of sp³-hybridized carbons (Fsp3) is 0.0833. The Kier molecular flexibility index (Phi) is 3.66. The number of aryl methyl sites for hydroxylation is 1. The number of hydrogen-bond acceptors (Lipinski definition) is 5. The van der Waals surface area contributed by atoms with Crippen molar-refractivity contribution in [3.63, 3.8) is 0 Å². The number of nitrogen functional groups attached to an aromatic ring is 1. The molecule has 0 aliphatic heterocycles. The number of anilines is 2. The summed E-state index contributed by atoms with van der Waals surface area (Å²) in [5.41, 5.74) is 11.0. The van der Waals surface area contributed by atoms with E-state index >= 15 is 0 Å². The van der Waals surface area contributed by atoms with E-state index in [0.29, 0.717) is 16.1 Å². The quantitative estimate of drug-likeness (QED) is 0.796. The molecule has 2 amide bonds. The molecule has 0 saturated heterocycles. The second kappa shape index (κ2) is 5.25. The van der Waals surface area contributed by atoms with Gasteiger partial charge in [-0.1, -0.05) is 11.3 Å². The summed E-state index contributed by atoms with van der Waals surface area (Å²) < 4.78 is 13.5. The number of primary amides is 1. The molecule has 0 aliphatic carbocycles. The molecular weight excluding hydrogens is 283 g/mol. The fourth-order valence-corrected chi connectivity index (χ4v) is 2.15. The van der Waals surface area contributed by atoms with Crippen molar-refractivity contribution in [2.24, 2.45) is 5.73 Å². The van der Waals surface area contributed by atoms with E-state index in [4.69, 9.17) is 11.5 Å². The predicted octanol–water partition coefficient (Wildman–Crippen LogP) is 1.52. The summed E-state index contributed by atoms with van der Waals surface area (Å²) in [5, 5.41) is 2.83. The number of rotatable bonds is 3. The standard InChI is InChI=1S/C12H11FN4O2S/c1-5-2-7(13)6(10(14)18)3-8(5)17-11(19)9-4-16-12(15)20-9/h2-4H,1H3,(H2,14,18)(H2,15,16)(H,17,19). The number of carbonyl (C=O) groups excluding carboxylic acids is 2. The van der Waals surface area contributed by atoms with Gasteiger partial charge in [0.15, 0.2) is 5.13 Å². The van der Waals surface area contributed by atoms with Gasteiger partial charge in [-0.05, 0) is 24.6 Å². The van der Waals surface area contributed by atoms with Gasteiger partial charge in [0.1, 0.15) is 10.7 Å². The van der Waals surface area contributed by atoms with Crippen molar-refractivity contribution in [3.8, 4) is 0 Å². The lowest BCUT2D eigenvalue weighted by molar-refractivity contribution is 0.0993. The summed E-state index contributed by atoms with van der Waals surface area (Å²) in [4.78, 5) is 27.1. The van der Waals surface area contributed by atoms with Crippen LogP contribution < -0.4 is 16.8 Å². The summed E-state index contributed by atoms with van der Waals surface area (Å²) in [6.45, 7) is 1.60. The third-order valence-electron chi connectivity index (χ3n) is 2.58. The average molecular weight is 294 g/mol. The smallest absolute Gasteiger partial charge is 0.267 e. The van der Waals surface area contributed by atoms with Gasteiger partial charge in [0.2, 0.25) is 0 Å². The van der Waals surface area contributed by atoms with Gasteiger partial charge in [0.05, 0.1) is 11.8 Å². The van der Waals surface area contributed by atoms with Gasteiger partial charge in [-0.2, -0.15) is 0 Å². The van der Waals surface area contributed by atoms with Gasteiger partial charge >= 0.3 is 0 Å². The van der Waals surface area contributed by atoms with E-state index in [9.17, 15) is 14.0 Å². The van der Waals surface area contributed by atoms with Crippen molar-refractivity contribution in [3.05, 3.63) is 40.2 Å². The second-order valence-electron chi connectivity index (χ2n) is 4.03. The number of nitrogens with two attached hydrogens (primary N) is 2. The molecule has 2 aromatic rings. The average Bonchev–Trinajstić information content (AvgIpc) is 2.79. The summed E-state index contributed by atoms with van der Waals surface area (Å²) in [6.07, 6.45) is 1.34. The Labute approximate surface area is 117 Å².